The van der Waals surface area contributed by atoms with Crippen LogP contribution >= 0.6 is 15.9 Å². The van der Waals surface area contributed by atoms with Crippen LogP contribution in [0.5, 0.6) is 5.75 Å². The van der Waals surface area contributed by atoms with Crippen molar-refractivity contribution >= 4 is 27.2 Å². The average molecular weight is 296 g/mol. The van der Waals surface area contributed by atoms with Gasteiger partial charge in [0.15, 0.2) is 5.78 Å². The van der Waals surface area contributed by atoms with Crippen molar-refractivity contribution in [2.45, 2.75) is 20.3 Å². The second-order valence-electron chi connectivity index (χ2n) is 3.90. The number of rotatable bonds is 4. The van der Waals surface area contributed by atoms with E-state index in [1.54, 1.807) is 6.92 Å². The summed E-state index contributed by atoms with van der Waals surface area (Å²) in [7, 11) is 0. The fourth-order valence-electron chi connectivity index (χ4n) is 1.72. The average Bonchev–Trinajstić information content (AvgIpc) is 2.64. The first-order valence-electron chi connectivity index (χ1n) is 5.58. The van der Waals surface area contributed by atoms with Gasteiger partial charge < -0.3 is 9.14 Å². The summed E-state index contributed by atoms with van der Waals surface area (Å²) < 4.78 is 8.34. The SMILES string of the molecule is CCCOc1ccn2c(C(C)=O)cc(Br)c2c1. The molecule has 0 radical (unpaired) electrons. The molecule has 0 saturated carbocycles. The number of ether oxygens (including phenoxy) is 1. The molecule has 17 heavy (non-hydrogen) atoms. The van der Waals surface area contributed by atoms with Crippen LogP contribution in [0.2, 0.25) is 0 Å². The maximum atomic E-state index is 11.5. The van der Waals surface area contributed by atoms with Crippen LogP contribution in [-0.2, 0) is 0 Å². The molecule has 2 aromatic heterocycles. The fraction of sp³-hybridized carbons (Fsp3) is 0.308. The normalized spacial score (nSPS) is 10.8. The highest BCUT2D eigenvalue weighted by molar-refractivity contribution is 9.10. The highest BCUT2D eigenvalue weighted by atomic mass is 79.9. The Morgan fingerprint density at radius 1 is 1.47 bits per heavy atom. The molecule has 2 aromatic rings. The van der Waals surface area contributed by atoms with Gasteiger partial charge in [-0.1, -0.05) is 6.92 Å². The van der Waals surface area contributed by atoms with E-state index in [1.807, 2.05) is 28.8 Å². The topological polar surface area (TPSA) is 30.7 Å². The van der Waals surface area contributed by atoms with Crippen molar-refractivity contribution in [2.24, 2.45) is 0 Å². The first-order chi connectivity index (χ1) is 8.13. The fourth-order valence-corrected chi connectivity index (χ4v) is 2.24. The molecular weight excluding hydrogens is 282 g/mol. The monoisotopic (exact) mass is 295 g/mol. The number of fused-ring (bicyclic) bond motifs is 1. The molecule has 3 nitrogen and oxygen atoms in total. The van der Waals surface area contributed by atoms with E-state index in [2.05, 4.69) is 22.9 Å². The molecule has 0 spiro atoms. The van der Waals surface area contributed by atoms with Crippen LogP contribution < -0.4 is 4.74 Å². The molecule has 0 saturated heterocycles. The minimum atomic E-state index is 0.0490. The molecule has 90 valence electrons. The minimum Gasteiger partial charge on any atom is -0.493 e. The zero-order chi connectivity index (χ0) is 12.4. The minimum absolute atomic E-state index is 0.0490. The lowest BCUT2D eigenvalue weighted by Crippen LogP contribution is -1.99. The lowest BCUT2D eigenvalue weighted by molar-refractivity contribution is 0.101. The lowest BCUT2D eigenvalue weighted by Gasteiger charge is -2.06. The zero-order valence-electron chi connectivity index (χ0n) is 9.87. The molecule has 4 heteroatoms. The summed E-state index contributed by atoms with van der Waals surface area (Å²) in [6.07, 6.45) is 2.84. The Morgan fingerprint density at radius 3 is 2.88 bits per heavy atom. The van der Waals surface area contributed by atoms with Crippen LogP contribution in [0.4, 0.5) is 0 Å². The molecule has 0 bridgehead atoms. The van der Waals surface area contributed by atoms with Gasteiger partial charge in [0.1, 0.15) is 5.75 Å². The van der Waals surface area contributed by atoms with Crippen molar-refractivity contribution in [3.05, 3.63) is 34.6 Å². The molecule has 0 fully saturated rings. The second kappa shape index (κ2) is 4.92. The van der Waals surface area contributed by atoms with Gasteiger partial charge in [0, 0.05) is 23.7 Å². The Bertz CT molecular complexity index is 560. The largest absolute Gasteiger partial charge is 0.493 e. The van der Waals surface area contributed by atoms with E-state index in [4.69, 9.17) is 4.74 Å². The molecule has 0 atom stereocenters. The van der Waals surface area contributed by atoms with Crippen molar-refractivity contribution in [3.8, 4) is 5.75 Å². The van der Waals surface area contributed by atoms with Crippen molar-refractivity contribution in [2.75, 3.05) is 6.61 Å². The molecule has 0 N–H and O–H groups in total. The van der Waals surface area contributed by atoms with Crippen LogP contribution in [0.15, 0.2) is 28.9 Å². The smallest absolute Gasteiger partial charge is 0.176 e. The van der Waals surface area contributed by atoms with Crippen molar-refractivity contribution in [1.82, 2.24) is 4.40 Å². The summed E-state index contributed by atoms with van der Waals surface area (Å²) in [5, 5.41) is 0. The van der Waals surface area contributed by atoms with Gasteiger partial charge >= 0.3 is 0 Å². The predicted molar refractivity (Wildman–Crippen MR) is 70.9 cm³/mol. The Kier molecular flexibility index (Phi) is 3.52. The van der Waals surface area contributed by atoms with Crippen LogP contribution in [0.1, 0.15) is 30.8 Å². The molecule has 0 aliphatic rings. The summed E-state index contributed by atoms with van der Waals surface area (Å²) in [5.41, 5.74) is 1.62. The predicted octanol–water partition coefficient (Wildman–Crippen LogP) is 3.69. The summed E-state index contributed by atoms with van der Waals surface area (Å²) in [4.78, 5) is 11.5. The van der Waals surface area contributed by atoms with Gasteiger partial charge in [0.2, 0.25) is 0 Å². The van der Waals surface area contributed by atoms with E-state index in [1.165, 1.54) is 0 Å². The van der Waals surface area contributed by atoms with Gasteiger partial charge in [-0.25, -0.2) is 0 Å². The van der Waals surface area contributed by atoms with E-state index in [0.717, 1.165) is 22.2 Å². The van der Waals surface area contributed by atoms with Crippen LogP contribution in [0.25, 0.3) is 5.52 Å². The number of hydrogen-bond donors (Lipinski definition) is 0. The Balaban J connectivity index is 2.48. The third-order valence-electron chi connectivity index (χ3n) is 2.53. The third kappa shape index (κ3) is 2.36. The molecule has 0 aromatic carbocycles. The Morgan fingerprint density at radius 2 is 2.24 bits per heavy atom. The highest BCUT2D eigenvalue weighted by Gasteiger charge is 2.11. The van der Waals surface area contributed by atoms with Gasteiger partial charge in [0.25, 0.3) is 0 Å². The molecule has 0 aliphatic carbocycles. The van der Waals surface area contributed by atoms with E-state index in [9.17, 15) is 4.79 Å². The molecule has 2 heterocycles. The Labute approximate surface area is 109 Å². The van der Waals surface area contributed by atoms with Gasteiger partial charge in [0.05, 0.1) is 17.8 Å². The zero-order valence-corrected chi connectivity index (χ0v) is 11.5. The number of halogens is 1. The van der Waals surface area contributed by atoms with Crippen molar-refractivity contribution in [1.29, 1.82) is 0 Å². The van der Waals surface area contributed by atoms with Crippen LogP contribution in [0, 0.1) is 0 Å². The number of aromatic nitrogens is 1. The molecular formula is C13H14BrNO2. The number of carbonyl (C=O) groups is 1. The van der Waals surface area contributed by atoms with E-state index < -0.39 is 0 Å². The van der Waals surface area contributed by atoms with Gasteiger partial charge in [-0.3, -0.25) is 4.79 Å². The maximum absolute atomic E-state index is 11.5. The van der Waals surface area contributed by atoms with E-state index >= 15 is 0 Å². The summed E-state index contributed by atoms with van der Waals surface area (Å²) >= 11 is 3.46. The van der Waals surface area contributed by atoms with Gasteiger partial charge in [-0.05, 0) is 34.5 Å². The number of nitrogens with zero attached hydrogens (tertiary/aromatic N) is 1. The molecule has 0 aliphatic heterocycles. The van der Waals surface area contributed by atoms with Crippen LogP contribution in [-0.4, -0.2) is 16.8 Å². The van der Waals surface area contributed by atoms with E-state index in [0.29, 0.717) is 12.3 Å². The first kappa shape index (κ1) is 12.2. The first-order valence-corrected chi connectivity index (χ1v) is 6.37. The molecule has 0 unspecified atom stereocenters. The van der Waals surface area contributed by atoms with Crippen molar-refractivity contribution < 1.29 is 9.53 Å². The number of hydrogen-bond acceptors (Lipinski definition) is 2. The van der Waals surface area contributed by atoms with Crippen LogP contribution in [0.3, 0.4) is 0 Å². The number of carbonyl (C=O) groups excluding carboxylic acids is 1. The second-order valence-corrected chi connectivity index (χ2v) is 4.75. The van der Waals surface area contributed by atoms with E-state index in [-0.39, 0.29) is 5.78 Å². The number of pyridine rings is 1. The quantitative estimate of drug-likeness (QED) is 0.806. The molecule has 2 rings (SSSR count). The van der Waals surface area contributed by atoms with Gasteiger partial charge in [-0.2, -0.15) is 0 Å². The number of Topliss-reactive ketones (excluding diaryl/α,β-unsaturated/α-hetero) is 1. The summed E-state index contributed by atoms with van der Waals surface area (Å²) in [5.74, 6) is 0.876. The number of ketones is 1. The molecule has 0 amide bonds. The van der Waals surface area contributed by atoms with Crippen molar-refractivity contribution in [3.63, 3.8) is 0 Å². The summed E-state index contributed by atoms with van der Waals surface area (Å²) in [6.45, 7) is 4.34. The lowest BCUT2D eigenvalue weighted by atomic mass is 10.3. The standard InChI is InChI=1S/C13H14BrNO2/c1-3-6-17-10-4-5-15-12(9(2)16)8-11(14)13(15)7-10/h4-5,7-8H,3,6H2,1-2H3. The summed E-state index contributed by atoms with van der Waals surface area (Å²) in [6, 6.07) is 5.65. The highest BCUT2D eigenvalue weighted by Crippen LogP contribution is 2.26. The Hall–Kier alpha value is -1.29. The van der Waals surface area contributed by atoms with Gasteiger partial charge in [-0.15, -0.1) is 0 Å². The third-order valence-corrected chi connectivity index (χ3v) is 3.16. The maximum Gasteiger partial charge on any atom is 0.176 e.